The standard InChI is InChI=1S/C24H35N5O5S2/c1-13(2)20(25)23(32)28-18(10-14-11-26-16-7-5-4-6-15(14)16)22(31)27-17(8-9-36-3)21(30)29-19(12-35)24(33)34/h4-7,11,13,17-20,26,35H,8-10,12,25H2,1-3H3,(H,27,31)(H,28,32)(H,29,30)(H,33,34). The molecule has 36 heavy (non-hydrogen) atoms. The van der Waals surface area contributed by atoms with Crippen LogP contribution in [-0.4, -0.2) is 75.7 Å². The number of aromatic amines is 1. The van der Waals surface area contributed by atoms with Gasteiger partial charge >= 0.3 is 5.97 Å². The number of hydrogen-bond donors (Lipinski definition) is 7. The maximum atomic E-state index is 13.4. The summed E-state index contributed by atoms with van der Waals surface area (Å²) in [5.41, 5.74) is 7.71. The largest absolute Gasteiger partial charge is 0.480 e. The van der Waals surface area contributed by atoms with E-state index in [1.54, 1.807) is 6.20 Å². The van der Waals surface area contributed by atoms with Crippen LogP contribution in [0.3, 0.4) is 0 Å². The van der Waals surface area contributed by atoms with Crippen molar-refractivity contribution in [3.05, 3.63) is 36.0 Å². The molecule has 7 N–H and O–H groups in total. The van der Waals surface area contributed by atoms with E-state index >= 15 is 0 Å². The van der Waals surface area contributed by atoms with Crippen molar-refractivity contribution in [2.75, 3.05) is 17.8 Å². The minimum absolute atomic E-state index is 0.101. The number of hydrogen-bond acceptors (Lipinski definition) is 7. The van der Waals surface area contributed by atoms with Crippen molar-refractivity contribution in [3.63, 3.8) is 0 Å². The Hall–Kier alpha value is -2.70. The van der Waals surface area contributed by atoms with E-state index < -0.39 is 47.9 Å². The van der Waals surface area contributed by atoms with E-state index in [0.717, 1.165) is 16.5 Å². The zero-order chi connectivity index (χ0) is 26.8. The molecular weight excluding hydrogens is 502 g/mol. The van der Waals surface area contributed by atoms with E-state index in [2.05, 4.69) is 33.6 Å². The van der Waals surface area contributed by atoms with E-state index in [0.29, 0.717) is 5.75 Å². The van der Waals surface area contributed by atoms with Gasteiger partial charge in [0.05, 0.1) is 6.04 Å². The number of carbonyl (C=O) groups is 4. The summed E-state index contributed by atoms with van der Waals surface area (Å²) in [5.74, 6) is -2.59. The maximum absolute atomic E-state index is 13.4. The minimum Gasteiger partial charge on any atom is -0.480 e. The molecule has 0 bridgehead atoms. The predicted molar refractivity (Wildman–Crippen MR) is 145 cm³/mol. The lowest BCUT2D eigenvalue weighted by molar-refractivity contribution is -0.141. The highest BCUT2D eigenvalue weighted by molar-refractivity contribution is 7.98. The first-order valence-electron chi connectivity index (χ1n) is 11.6. The van der Waals surface area contributed by atoms with Crippen molar-refractivity contribution < 1.29 is 24.3 Å². The number of thiol groups is 1. The fraction of sp³-hybridized carbons (Fsp3) is 0.500. The second kappa shape index (κ2) is 14.1. The van der Waals surface area contributed by atoms with Crippen LogP contribution in [0.1, 0.15) is 25.8 Å². The van der Waals surface area contributed by atoms with Gasteiger partial charge in [-0.1, -0.05) is 32.0 Å². The Labute approximate surface area is 220 Å². The van der Waals surface area contributed by atoms with Crippen LogP contribution >= 0.6 is 24.4 Å². The average Bonchev–Trinajstić information content (AvgIpc) is 3.26. The van der Waals surface area contributed by atoms with Gasteiger partial charge in [0, 0.05) is 29.3 Å². The summed E-state index contributed by atoms with van der Waals surface area (Å²) >= 11 is 5.46. The number of amides is 3. The van der Waals surface area contributed by atoms with E-state index in [9.17, 15) is 24.3 Å². The molecule has 4 atom stereocenters. The Morgan fingerprint density at radius 3 is 2.25 bits per heavy atom. The zero-order valence-corrected chi connectivity index (χ0v) is 22.3. The Morgan fingerprint density at radius 1 is 1.03 bits per heavy atom. The number of aliphatic carboxylic acids is 1. The SMILES string of the molecule is CSCCC(NC(=O)C(Cc1c[nH]c2ccccc12)NC(=O)C(N)C(C)C)C(=O)NC(CS)C(=O)O. The molecule has 0 spiro atoms. The van der Waals surface area contributed by atoms with Gasteiger partial charge in [-0.25, -0.2) is 4.79 Å². The first-order chi connectivity index (χ1) is 17.1. The van der Waals surface area contributed by atoms with E-state index in [1.165, 1.54) is 11.8 Å². The molecule has 0 aliphatic rings. The topological polar surface area (TPSA) is 166 Å². The fourth-order valence-electron chi connectivity index (χ4n) is 3.53. The lowest BCUT2D eigenvalue weighted by Crippen LogP contribution is -2.58. The quantitative estimate of drug-likeness (QED) is 0.176. The fourth-order valence-corrected chi connectivity index (χ4v) is 4.25. The van der Waals surface area contributed by atoms with Crippen molar-refractivity contribution in [1.82, 2.24) is 20.9 Å². The zero-order valence-electron chi connectivity index (χ0n) is 20.6. The molecule has 0 radical (unpaired) electrons. The molecule has 2 rings (SSSR count). The molecule has 198 valence electrons. The molecule has 0 saturated heterocycles. The van der Waals surface area contributed by atoms with Gasteiger partial charge in [0.25, 0.3) is 0 Å². The maximum Gasteiger partial charge on any atom is 0.327 e. The lowest BCUT2D eigenvalue weighted by Gasteiger charge is -2.25. The molecule has 3 amide bonds. The number of nitrogens with two attached hydrogens (primary N) is 1. The molecule has 0 saturated carbocycles. The number of benzene rings is 1. The third-order valence-corrected chi connectivity index (χ3v) is 6.80. The number of carboxylic acids is 1. The van der Waals surface area contributed by atoms with Gasteiger partial charge in [0.15, 0.2) is 0 Å². The first kappa shape index (κ1) is 29.5. The number of aromatic nitrogens is 1. The third-order valence-electron chi connectivity index (χ3n) is 5.79. The third kappa shape index (κ3) is 8.17. The van der Waals surface area contributed by atoms with Gasteiger partial charge in [-0.3, -0.25) is 14.4 Å². The first-order valence-corrected chi connectivity index (χ1v) is 13.7. The van der Waals surface area contributed by atoms with Crippen LogP contribution in [0.5, 0.6) is 0 Å². The van der Waals surface area contributed by atoms with E-state index in [1.807, 2.05) is 44.4 Å². The van der Waals surface area contributed by atoms with Crippen molar-refractivity contribution in [2.24, 2.45) is 11.7 Å². The van der Waals surface area contributed by atoms with Gasteiger partial charge in [0.2, 0.25) is 17.7 Å². The van der Waals surface area contributed by atoms with Gasteiger partial charge in [-0.05, 0) is 36.0 Å². The van der Waals surface area contributed by atoms with Gasteiger partial charge in [0.1, 0.15) is 18.1 Å². The number of para-hydroxylation sites is 1. The van der Waals surface area contributed by atoms with Crippen LogP contribution in [0.15, 0.2) is 30.5 Å². The second-order valence-corrected chi connectivity index (χ2v) is 10.2. The summed E-state index contributed by atoms with van der Waals surface area (Å²) in [6.45, 7) is 3.62. The number of H-pyrrole nitrogens is 1. The molecule has 12 heteroatoms. The normalized spacial score (nSPS) is 14.6. The second-order valence-electron chi connectivity index (χ2n) is 8.82. The number of carboxylic acid groups (broad SMARTS) is 1. The Morgan fingerprint density at radius 2 is 1.64 bits per heavy atom. The van der Waals surface area contributed by atoms with Crippen molar-refractivity contribution in [3.8, 4) is 0 Å². The number of thioether (sulfide) groups is 1. The van der Waals surface area contributed by atoms with Crippen molar-refractivity contribution in [2.45, 2.75) is 50.9 Å². The average molecular weight is 538 g/mol. The van der Waals surface area contributed by atoms with Crippen LogP contribution in [0.4, 0.5) is 0 Å². The summed E-state index contributed by atoms with van der Waals surface area (Å²) in [7, 11) is 0. The highest BCUT2D eigenvalue weighted by Gasteiger charge is 2.31. The number of carbonyl (C=O) groups excluding carboxylic acids is 3. The highest BCUT2D eigenvalue weighted by atomic mass is 32.2. The van der Waals surface area contributed by atoms with Gasteiger partial charge in [-0.15, -0.1) is 0 Å². The highest BCUT2D eigenvalue weighted by Crippen LogP contribution is 2.19. The Kier molecular flexibility index (Phi) is 11.6. The number of fused-ring (bicyclic) bond motifs is 1. The Bertz CT molecular complexity index is 1060. The van der Waals surface area contributed by atoms with Crippen LogP contribution in [0, 0.1) is 5.92 Å². The molecular formula is C24H35N5O5S2. The lowest BCUT2D eigenvalue weighted by atomic mass is 10.0. The smallest absolute Gasteiger partial charge is 0.327 e. The molecule has 0 aliphatic heterocycles. The molecule has 2 aromatic rings. The summed E-state index contributed by atoms with van der Waals surface area (Å²) in [6.07, 6.45) is 4.08. The molecule has 0 fully saturated rings. The van der Waals surface area contributed by atoms with Crippen LogP contribution in [0.25, 0.3) is 10.9 Å². The van der Waals surface area contributed by atoms with E-state index in [4.69, 9.17) is 5.73 Å². The summed E-state index contributed by atoms with van der Waals surface area (Å²) in [4.78, 5) is 53.5. The summed E-state index contributed by atoms with van der Waals surface area (Å²) in [5, 5.41) is 18.0. The molecule has 0 aliphatic carbocycles. The number of rotatable bonds is 14. The molecule has 4 unspecified atom stereocenters. The van der Waals surface area contributed by atoms with Gasteiger partial charge in [-0.2, -0.15) is 24.4 Å². The van der Waals surface area contributed by atoms with Crippen LogP contribution in [0.2, 0.25) is 0 Å². The molecule has 1 aromatic heterocycles. The molecule has 1 aromatic carbocycles. The van der Waals surface area contributed by atoms with Crippen molar-refractivity contribution >= 4 is 59.0 Å². The number of nitrogens with one attached hydrogen (secondary N) is 4. The van der Waals surface area contributed by atoms with Crippen LogP contribution in [-0.2, 0) is 25.6 Å². The summed E-state index contributed by atoms with van der Waals surface area (Å²) < 4.78 is 0. The van der Waals surface area contributed by atoms with Crippen LogP contribution < -0.4 is 21.7 Å². The van der Waals surface area contributed by atoms with Gasteiger partial charge < -0.3 is 31.8 Å². The Balaban J connectivity index is 2.28. The summed E-state index contributed by atoms with van der Waals surface area (Å²) in [6, 6.07) is 3.58. The van der Waals surface area contributed by atoms with E-state index in [-0.39, 0.29) is 24.5 Å². The predicted octanol–water partition coefficient (Wildman–Crippen LogP) is 0.916. The minimum atomic E-state index is -1.22. The molecule has 1 heterocycles. The molecule has 10 nitrogen and oxygen atoms in total. The monoisotopic (exact) mass is 537 g/mol. The van der Waals surface area contributed by atoms with Crippen molar-refractivity contribution in [1.29, 1.82) is 0 Å².